The fraction of sp³-hybridized carbons (Fsp3) is 0.200. The topological polar surface area (TPSA) is 70.3 Å². The van der Waals surface area contributed by atoms with E-state index in [1.165, 1.54) is 5.69 Å². The van der Waals surface area contributed by atoms with Crippen LogP contribution in [0.5, 0.6) is 0 Å². The summed E-state index contributed by atoms with van der Waals surface area (Å²) in [4.78, 5) is 13.3. The molecule has 2 heterocycles. The Bertz CT molecular complexity index is 909. The van der Waals surface area contributed by atoms with Gasteiger partial charge < -0.3 is 20.9 Å². The summed E-state index contributed by atoms with van der Waals surface area (Å²) in [5.41, 5.74) is 9.00. The van der Waals surface area contributed by atoms with Crippen LogP contribution in [0.4, 0.5) is 28.7 Å². The number of nitrogens with two attached hydrogens (primary N) is 1. The van der Waals surface area contributed by atoms with Gasteiger partial charge in [-0.05, 0) is 30.3 Å². The lowest BCUT2D eigenvalue weighted by Gasteiger charge is -2.37. The molecule has 1 aliphatic rings. The van der Waals surface area contributed by atoms with Crippen molar-refractivity contribution in [3.05, 3.63) is 65.9 Å². The molecule has 0 amide bonds. The van der Waals surface area contributed by atoms with Crippen LogP contribution in [0.15, 0.2) is 60.9 Å². The third-order valence-electron chi connectivity index (χ3n) is 4.65. The third-order valence-corrected chi connectivity index (χ3v) is 4.89. The van der Waals surface area contributed by atoms with Crippen LogP contribution in [0.1, 0.15) is 0 Å². The van der Waals surface area contributed by atoms with Gasteiger partial charge in [0.05, 0.1) is 0 Å². The number of nitrogen functional groups attached to an aromatic ring is 1. The zero-order valence-corrected chi connectivity index (χ0v) is 15.6. The Kier molecular flexibility index (Phi) is 4.98. The van der Waals surface area contributed by atoms with E-state index in [1.807, 2.05) is 30.3 Å². The molecule has 1 aromatic heterocycles. The molecule has 27 heavy (non-hydrogen) atoms. The third kappa shape index (κ3) is 3.90. The van der Waals surface area contributed by atoms with Crippen LogP contribution >= 0.6 is 11.6 Å². The Labute approximate surface area is 163 Å². The Hall–Kier alpha value is -2.99. The first-order chi connectivity index (χ1) is 13.2. The lowest BCUT2D eigenvalue weighted by atomic mass is 10.2. The van der Waals surface area contributed by atoms with Gasteiger partial charge in [0.15, 0.2) is 11.6 Å². The number of hydrogen-bond acceptors (Lipinski definition) is 6. The molecule has 0 bridgehead atoms. The van der Waals surface area contributed by atoms with E-state index in [9.17, 15) is 0 Å². The summed E-state index contributed by atoms with van der Waals surface area (Å²) in [6.07, 6.45) is 1.54. The maximum atomic E-state index is 6.37. The maximum absolute atomic E-state index is 6.37. The predicted octanol–water partition coefficient (Wildman–Crippen LogP) is 3.78. The molecule has 1 fully saturated rings. The minimum atomic E-state index is 0.547. The first kappa shape index (κ1) is 17.4. The Morgan fingerprint density at radius 2 is 1.63 bits per heavy atom. The number of aromatic nitrogens is 2. The van der Waals surface area contributed by atoms with Crippen LogP contribution in [0.25, 0.3) is 0 Å². The van der Waals surface area contributed by atoms with Gasteiger partial charge in [-0.15, -0.1) is 0 Å². The van der Waals surface area contributed by atoms with Crippen LogP contribution < -0.4 is 20.9 Å². The van der Waals surface area contributed by atoms with E-state index in [-0.39, 0.29) is 0 Å². The van der Waals surface area contributed by atoms with Gasteiger partial charge in [-0.25, -0.2) is 9.97 Å². The summed E-state index contributed by atoms with van der Waals surface area (Å²) in [6.45, 7) is 3.55. The lowest BCUT2D eigenvalue weighted by molar-refractivity contribution is 0.647. The van der Waals surface area contributed by atoms with Crippen molar-refractivity contribution in [2.45, 2.75) is 0 Å². The van der Waals surface area contributed by atoms with E-state index in [0.29, 0.717) is 16.5 Å². The molecule has 2 aromatic carbocycles. The van der Waals surface area contributed by atoms with E-state index in [0.717, 1.165) is 37.7 Å². The van der Waals surface area contributed by atoms with Crippen molar-refractivity contribution in [1.29, 1.82) is 0 Å². The van der Waals surface area contributed by atoms with Crippen LogP contribution in [-0.4, -0.2) is 36.1 Å². The van der Waals surface area contributed by atoms with Crippen LogP contribution in [0.3, 0.4) is 0 Å². The lowest BCUT2D eigenvalue weighted by Crippen LogP contribution is -2.47. The van der Waals surface area contributed by atoms with Crippen LogP contribution in [0, 0.1) is 0 Å². The van der Waals surface area contributed by atoms with E-state index < -0.39 is 0 Å². The van der Waals surface area contributed by atoms with Crippen molar-refractivity contribution in [1.82, 2.24) is 9.97 Å². The van der Waals surface area contributed by atoms with Gasteiger partial charge in [-0.3, -0.25) is 0 Å². The monoisotopic (exact) mass is 380 g/mol. The second-order valence-electron chi connectivity index (χ2n) is 6.40. The molecule has 3 aromatic rings. The minimum absolute atomic E-state index is 0.547. The number of rotatable bonds is 4. The second-order valence-corrected chi connectivity index (χ2v) is 6.84. The highest BCUT2D eigenvalue weighted by molar-refractivity contribution is 6.30. The molecule has 1 aliphatic heterocycles. The standard InChI is InChI=1S/C20H21ClN6/c21-15-5-4-6-16(13-15)25-19-18(22)20(24-14-23-19)27-11-9-26(10-12-27)17-7-2-1-3-8-17/h1-8,13-14H,9-12,22H2,(H,23,24,25). The van der Waals surface area contributed by atoms with Crippen molar-refractivity contribution >= 4 is 40.3 Å². The van der Waals surface area contributed by atoms with Gasteiger partial charge >= 0.3 is 0 Å². The second kappa shape index (κ2) is 7.72. The zero-order valence-electron chi connectivity index (χ0n) is 14.8. The molecule has 0 spiro atoms. The number of para-hydroxylation sites is 1. The summed E-state index contributed by atoms with van der Waals surface area (Å²) in [5.74, 6) is 1.36. The molecule has 0 saturated carbocycles. The molecule has 0 aliphatic carbocycles. The van der Waals surface area contributed by atoms with Crippen LogP contribution in [0.2, 0.25) is 5.02 Å². The quantitative estimate of drug-likeness (QED) is 0.717. The molecular formula is C20H21ClN6. The van der Waals surface area contributed by atoms with Crippen LogP contribution in [-0.2, 0) is 0 Å². The smallest absolute Gasteiger partial charge is 0.159 e. The highest BCUT2D eigenvalue weighted by atomic mass is 35.5. The summed E-state index contributed by atoms with van der Waals surface area (Å²) in [5, 5.41) is 3.89. The van der Waals surface area contributed by atoms with Gasteiger partial charge in [-0.2, -0.15) is 0 Å². The van der Waals surface area contributed by atoms with Gasteiger partial charge in [0, 0.05) is 42.6 Å². The highest BCUT2D eigenvalue weighted by Gasteiger charge is 2.21. The normalized spacial score (nSPS) is 14.3. The molecule has 4 rings (SSSR count). The van der Waals surface area contributed by atoms with Gasteiger partial charge in [0.2, 0.25) is 0 Å². The molecule has 6 nitrogen and oxygen atoms in total. The molecule has 0 atom stereocenters. The zero-order chi connectivity index (χ0) is 18.6. The van der Waals surface area contributed by atoms with Gasteiger partial charge in [0.25, 0.3) is 0 Å². The summed E-state index contributed by atoms with van der Waals surface area (Å²) < 4.78 is 0. The molecular weight excluding hydrogens is 360 g/mol. The van der Waals surface area contributed by atoms with E-state index >= 15 is 0 Å². The number of halogens is 1. The Balaban J connectivity index is 1.48. The highest BCUT2D eigenvalue weighted by Crippen LogP contribution is 2.30. The van der Waals surface area contributed by atoms with Crippen molar-refractivity contribution < 1.29 is 0 Å². The number of nitrogens with zero attached hydrogens (tertiary/aromatic N) is 4. The largest absolute Gasteiger partial charge is 0.393 e. The van der Waals surface area contributed by atoms with E-state index in [1.54, 1.807) is 6.33 Å². The molecule has 138 valence electrons. The summed E-state index contributed by atoms with van der Waals surface area (Å²) in [6, 6.07) is 17.9. The number of piperazine rings is 1. The SMILES string of the molecule is Nc1c(Nc2cccc(Cl)c2)ncnc1N1CCN(c2ccccc2)CC1. The van der Waals surface area contributed by atoms with Crippen molar-refractivity contribution in [3.8, 4) is 0 Å². The average Bonchev–Trinajstić information content (AvgIpc) is 2.71. The molecule has 1 saturated heterocycles. The van der Waals surface area contributed by atoms with E-state index in [2.05, 4.69) is 49.4 Å². The molecule has 0 unspecified atom stereocenters. The van der Waals surface area contributed by atoms with Gasteiger partial charge in [-0.1, -0.05) is 35.9 Å². The van der Waals surface area contributed by atoms with E-state index in [4.69, 9.17) is 17.3 Å². The minimum Gasteiger partial charge on any atom is -0.393 e. The fourth-order valence-electron chi connectivity index (χ4n) is 3.26. The van der Waals surface area contributed by atoms with Crippen molar-refractivity contribution in [3.63, 3.8) is 0 Å². The predicted molar refractivity (Wildman–Crippen MR) is 112 cm³/mol. The van der Waals surface area contributed by atoms with Crippen molar-refractivity contribution in [2.24, 2.45) is 0 Å². The first-order valence-corrected chi connectivity index (χ1v) is 9.26. The Morgan fingerprint density at radius 3 is 2.37 bits per heavy atom. The maximum Gasteiger partial charge on any atom is 0.159 e. The number of nitrogens with one attached hydrogen (secondary N) is 1. The number of benzene rings is 2. The van der Waals surface area contributed by atoms with Gasteiger partial charge in [0.1, 0.15) is 12.0 Å². The molecule has 0 radical (unpaired) electrons. The first-order valence-electron chi connectivity index (χ1n) is 8.89. The molecule has 7 heteroatoms. The van der Waals surface area contributed by atoms with Crippen molar-refractivity contribution in [2.75, 3.05) is 47.0 Å². The summed E-state index contributed by atoms with van der Waals surface area (Å²) in [7, 11) is 0. The average molecular weight is 381 g/mol. The Morgan fingerprint density at radius 1 is 0.889 bits per heavy atom. The number of anilines is 5. The fourth-order valence-corrected chi connectivity index (χ4v) is 3.45. The molecule has 3 N–H and O–H groups in total. The summed E-state index contributed by atoms with van der Waals surface area (Å²) >= 11 is 6.05. The number of hydrogen-bond donors (Lipinski definition) is 2.